The molecule has 1 aliphatic heterocycles. The number of hydrogen-bond acceptors (Lipinski definition) is 5. The summed E-state index contributed by atoms with van der Waals surface area (Å²) in [6.45, 7) is 3.46. The second-order valence-electron chi connectivity index (χ2n) is 10.4. The fourth-order valence-corrected chi connectivity index (χ4v) is 5.23. The van der Waals surface area contributed by atoms with Crippen molar-refractivity contribution in [3.8, 4) is 5.75 Å². The molecule has 0 fully saturated rings. The highest BCUT2D eigenvalue weighted by Gasteiger charge is 2.55. The van der Waals surface area contributed by atoms with Crippen LogP contribution in [-0.2, 0) is 15.2 Å². The third kappa shape index (κ3) is 4.81. The fourth-order valence-electron chi connectivity index (χ4n) is 5.23. The van der Waals surface area contributed by atoms with Gasteiger partial charge in [-0.3, -0.25) is 4.84 Å². The minimum atomic E-state index is -1.36. The maximum atomic E-state index is 13.6. The van der Waals surface area contributed by atoms with Crippen LogP contribution in [0, 0.1) is 0 Å². The van der Waals surface area contributed by atoms with Crippen LogP contribution in [-0.4, -0.2) is 17.3 Å². The summed E-state index contributed by atoms with van der Waals surface area (Å²) in [7, 11) is 0. The molecule has 0 amide bonds. The summed E-state index contributed by atoms with van der Waals surface area (Å²) in [5, 5.41) is 1.85. The van der Waals surface area contributed by atoms with Crippen molar-refractivity contribution in [1.82, 2.24) is 0 Å². The quantitative estimate of drug-likeness (QED) is 0.156. The molecule has 6 rings (SSSR count). The SMILES string of the molecule is CC(C)(ON1c2ccccc2/C(=N/c2ccccc2)C1(c1ccccc1)c1ccccc1)C(=O)Oc1ccccc1. The average molecular weight is 539 g/mol. The number of carbonyl (C=O) groups is 1. The van der Waals surface area contributed by atoms with Crippen molar-refractivity contribution in [2.24, 2.45) is 4.99 Å². The Kier molecular flexibility index (Phi) is 6.96. The highest BCUT2D eigenvalue weighted by Crippen LogP contribution is 2.51. The molecule has 0 radical (unpaired) electrons. The van der Waals surface area contributed by atoms with Gasteiger partial charge >= 0.3 is 5.97 Å². The smallest absolute Gasteiger partial charge is 0.345 e. The summed E-state index contributed by atoms with van der Waals surface area (Å²) >= 11 is 0. The van der Waals surface area contributed by atoms with Crippen molar-refractivity contribution in [3.05, 3.63) is 162 Å². The minimum absolute atomic E-state index is 0.458. The van der Waals surface area contributed by atoms with E-state index in [1.165, 1.54) is 0 Å². The Labute approximate surface area is 240 Å². The van der Waals surface area contributed by atoms with Gasteiger partial charge in [0.25, 0.3) is 0 Å². The minimum Gasteiger partial charge on any atom is -0.424 e. The normalized spacial score (nSPS) is 15.0. The first kappa shape index (κ1) is 26.2. The van der Waals surface area contributed by atoms with Crippen LogP contribution < -0.4 is 9.80 Å². The average Bonchev–Trinajstić information content (AvgIpc) is 3.28. The zero-order valence-corrected chi connectivity index (χ0v) is 23.0. The highest BCUT2D eigenvalue weighted by atomic mass is 16.7. The third-order valence-corrected chi connectivity index (χ3v) is 7.17. The van der Waals surface area contributed by atoms with Gasteiger partial charge in [0.05, 0.1) is 17.1 Å². The Morgan fingerprint density at radius 3 is 1.73 bits per heavy atom. The molecule has 0 N–H and O–H groups in total. The Balaban J connectivity index is 1.58. The van der Waals surface area contributed by atoms with Crippen molar-refractivity contribution >= 4 is 23.1 Å². The first-order valence-electron chi connectivity index (χ1n) is 13.6. The van der Waals surface area contributed by atoms with Gasteiger partial charge in [0.1, 0.15) is 5.75 Å². The Bertz CT molecular complexity index is 1630. The molecule has 0 saturated heterocycles. The van der Waals surface area contributed by atoms with E-state index in [0.29, 0.717) is 5.75 Å². The molecule has 5 aromatic carbocycles. The molecule has 5 heteroatoms. The predicted molar refractivity (Wildman–Crippen MR) is 162 cm³/mol. The highest BCUT2D eigenvalue weighted by molar-refractivity contribution is 6.19. The Hall–Kier alpha value is -5.00. The van der Waals surface area contributed by atoms with E-state index in [0.717, 1.165) is 33.8 Å². The molecule has 5 aromatic rings. The molecule has 0 unspecified atom stereocenters. The number of fused-ring (bicyclic) bond motifs is 1. The van der Waals surface area contributed by atoms with Crippen molar-refractivity contribution < 1.29 is 14.4 Å². The number of hydrogen-bond donors (Lipinski definition) is 0. The Morgan fingerprint density at radius 1 is 0.659 bits per heavy atom. The molecular formula is C36H30N2O3. The van der Waals surface area contributed by atoms with E-state index in [2.05, 4.69) is 30.3 Å². The summed E-state index contributed by atoms with van der Waals surface area (Å²) in [6.07, 6.45) is 0. The standard InChI is InChI=1S/C36H30N2O3/c1-35(2,34(39)40-30-23-13-6-14-24-30)41-38-32-26-16-15-25-31(32)33(37-29-21-11-5-12-22-29)36(38,27-17-7-3-8-18-27)28-19-9-4-10-20-28/h3-26H,1-2H3/b37-33-. The van der Waals surface area contributed by atoms with E-state index in [-0.39, 0.29) is 0 Å². The van der Waals surface area contributed by atoms with Gasteiger partial charge in [-0.1, -0.05) is 115 Å². The zero-order chi connectivity index (χ0) is 28.3. The second-order valence-corrected chi connectivity index (χ2v) is 10.4. The topological polar surface area (TPSA) is 51.1 Å². The van der Waals surface area contributed by atoms with E-state index in [1.54, 1.807) is 26.0 Å². The summed E-state index contributed by atoms with van der Waals surface area (Å²) in [5.74, 6) is -0.0515. The van der Waals surface area contributed by atoms with Gasteiger partial charge in [-0.25, -0.2) is 14.9 Å². The molecule has 1 heterocycles. The Morgan fingerprint density at radius 2 is 1.15 bits per heavy atom. The van der Waals surface area contributed by atoms with Crippen LogP contribution in [0.5, 0.6) is 5.75 Å². The molecular weight excluding hydrogens is 508 g/mol. The zero-order valence-electron chi connectivity index (χ0n) is 23.0. The lowest BCUT2D eigenvalue weighted by atomic mass is 9.78. The summed E-state index contributed by atoms with van der Waals surface area (Å²) in [5.41, 5.74) is 2.84. The fraction of sp³-hybridized carbons (Fsp3) is 0.111. The number of benzene rings is 5. The summed E-state index contributed by atoms with van der Waals surface area (Å²) in [6, 6.07) is 47.3. The number of nitrogens with zero attached hydrogens (tertiary/aromatic N) is 2. The maximum absolute atomic E-state index is 13.6. The van der Waals surface area contributed by atoms with Crippen molar-refractivity contribution in [1.29, 1.82) is 0 Å². The molecule has 41 heavy (non-hydrogen) atoms. The number of esters is 1. The molecule has 0 atom stereocenters. The predicted octanol–water partition coefficient (Wildman–Crippen LogP) is 7.89. The van der Waals surface area contributed by atoms with Gasteiger partial charge < -0.3 is 4.74 Å². The first-order valence-corrected chi connectivity index (χ1v) is 13.6. The van der Waals surface area contributed by atoms with Gasteiger partial charge in [0.2, 0.25) is 0 Å². The number of para-hydroxylation sites is 3. The monoisotopic (exact) mass is 538 g/mol. The largest absolute Gasteiger partial charge is 0.424 e. The van der Waals surface area contributed by atoms with E-state index < -0.39 is 17.1 Å². The van der Waals surface area contributed by atoms with Crippen molar-refractivity contribution in [3.63, 3.8) is 0 Å². The van der Waals surface area contributed by atoms with Crippen molar-refractivity contribution in [2.45, 2.75) is 25.0 Å². The first-order chi connectivity index (χ1) is 20.0. The van der Waals surface area contributed by atoms with Gasteiger partial charge in [-0.2, -0.15) is 0 Å². The van der Waals surface area contributed by atoms with E-state index in [9.17, 15) is 4.79 Å². The van der Waals surface area contributed by atoms with Crippen LogP contribution in [0.3, 0.4) is 0 Å². The number of ether oxygens (including phenoxy) is 1. The lowest BCUT2D eigenvalue weighted by molar-refractivity contribution is -0.161. The van der Waals surface area contributed by atoms with Crippen LogP contribution in [0.1, 0.15) is 30.5 Å². The molecule has 0 spiro atoms. The van der Waals surface area contributed by atoms with Gasteiger partial charge in [-0.15, -0.1) is 0 Å². The number of hydroxylamine groups is 1. The van der Waals surface area contributed by atoms with Gasteiger partial charge in [0.15, 0.2) is 11.1 Å². The van der Waals surface area contributed by atoms with Crippen molar-refractivity contribution in [2.75, 3.05) is 5.06 Å². The molecule has 0 bridgehead atoms. The van der Waals surface area contributed by atoms with E-state index >= 15 is 0 Å². The van der Waals surface area contributed by atoms with Crippen LogP contribution >= 0.6 is 0 Å². The number of aliphatic imine (C=N–C) groups is 1. The molecule has 202 valence electrons. The van der Waals surface area contributed by atoms with Crippen LogP contribution in [0.4, 0.5) is 11.4 Å². The number of anilines is 1. The van der Waals surface area contributed by atoms with Crippen LogP contribution in [0.2, 0.25) is 0 Å². The van der Waals surface area contributed by atoms with E-state index in [1.807, 2.05) is 108 Å². The molecule has 0 saturated carbocycles. The van der Waals surface area contributed by atoms with Gasteiger partial charge in [-0.05, 0) is 55.3 Å². The lowest BCUT2D eigenvalue weighted by Gasteiger charge is -2.43. The maximum Gasteiger partial charge on any atom is 0.345 e. The summed E-state index contributed by atoms with van der Waals surface area (Å²) in [4.78, 5) is 25.7. The molecule has 0 aromatic heterocycles. The number of carbonyl (C=O) groups excluding carboxylic acids is 1. The van der Waals surface area contributed by atoms with Gasteiger partial charge in [0, 0.05) is 5.56 Å². The molecule has 0 aliphatic carbocycles. The summed E-state index contributed by atoms with van der Waals surface area (Å²) < 4.78 is 5.76. The lowest BCUT2D eigenvalue weighted by Crippen LogP contribution is -2.54. The van der Waals surface area contributed by atoms with E-state index in [4.69, 9.17) is 14.6 Å². The molecule has 1 aliphatic rings. The van der Waals surface area contributed by atoms with Crippen LogP contribution in [0.15, 0.2) is 151 Å². The second kappa shape index (κ2) is 10.9. The molecule has 5 nitrogen and oxygen atoms in total. The number of rotatable bonds is 7. The third-order valence-electron chi connectivity index (χ3n) is 7.17. The van der Waals surface area contributed by atoms with Crippen LogP contribution in [0.25, 0.3) is 0 Å².